The summed E-state index contributed by atoms with van der Waals surface area (Å²) in [6, 6.07) is 4.85. The summed E-state index contributed by atoms with van der Waals surface area (Å²) in [7, 11) is 1.35. The molecule has 0 bridgehead atoms. The topological polar surface area (TPSA) is 91.6 Å². The maximum atomic E-state index is 13.5. The molecule has 2 aromatic heterocycles. The second kappa shape index (κ2) is 10.2. The summed E-state index contributed by atoms with van der Waals surface area (Å²) >= 11 is 6.48. The number of ether oxygens (including phenoxy) is 3. The number of hydrogen-bond acceptors (Lipinski definition) is 8. The van der Waals surface area contributed by atoms with Crippen molar-refractivity contribution in [2.75, 3.05) is 25.2 Å². The second-order valence-electron chi connectivity index (χ2n) is 8.62. The van der Waals surface area contributed by atoms with Gasteiger partial charge in [-0.2, -0.15) is 32.9 Å². The number of para-hydroxylation sites is 1. The van der Waals surface area contributed by atoms with Crippen LogP contribution >= 0.6 is 11.6 Å². The van der Waals surface area contributed by atoms with Crippen LogP contribution < -0.4 is 19.9 Å². The summed E-state index contributed by atoms with van der Waals surface area (Å²) < 4.78 is 58.3. The van der Waals surface area contributed by atoms with E-state index >= 15 is 0 Å². The van der Waals surface area contributed by atoms with E-state index in [1.54, 1.807) is 0 Å². The molecule has 13 heteroatoms. The van der Waals surface area contributed by atoms with Gasteiger partial charge in [0.25, 0.3) is 5.56 Å². The SMILES string of the molecule is COc1nc2c(c(Oc3ccccc3C(F)(F)F)n1)CCN(c1cnn(C3CCCCO3)c(=O)c1Cl)C2. The first-order valence-electron chi connectivity index (χ1n) is 11.7. The first-order valence-corrected chi connectivity index (χ1v) is 12.1. The van der Waals surface area contributed by atoms with Gasteiger partial charge >= 0.3 is 12.2 Å². The minimum atomic E-state index is -4.60. The van der Waals surface area contributed by atoms with E-state index in [1.807, 2.05) is 4.90 Å². The Morgan fingerprint density at radius 1 is 1.19 bits per heavy atom. The number of methoxy groups -OCH3 is 1. The van der Waals surface area contributed by atoms with E-state index < -0.39 is 23.5 Å². The van der Waals surface area contributed by atoms with Gasteiger partial charge in [-0.15, -0.1) is 0 Å². The number of anilines is 1. The molecule has 1 atom stereocenters. The van der Waals surface area contributed by atoms with Crippen molar-refractivity contribution in [3.05, 3.63) is 62.7 Å². The van der Waals surface area contributed by atoms with Crippen LogP contribution in [0.15, 0.2) is 35.3 Å². The molecule has 0 radical (unpaired) electrons. The summed E-state index contributed by atoms with van der Waals surface area (Å²) in [5.74, 6) is -0.395. The highest BCUT2D eigenvalue weighted by Crippen LogP contribution is 2.40. The summed E-state index contributed by atoms with van der Waals surface area (Å²) in [6.45, 7) is 1.13. The second-order valence-corrected chi connectivity index (χ2v) is 9.00. The summed E-state index contributed by atoms with van der Waals surface area (Å²) in [5, 5.41) is 4.30. The van der Waals surface area contributed by atoms with Gasteiger partial charge in [-0.1, -0.05) is 23.7 Å². The van der Waals surface area contributed by atoms with Gasteiger partial charge in [-0.3, -0.25) is 4.79 Å². The third kappa shape index (κ3) is 5.08. The fraction of sp³-hybridized carbons (Fsp3) is 0.417. The molecule has 3 aromatic rings. The predicted octanol–water partition coefficient (Wildman–Crippen LogP) is 4.77. The highest BCUT2D eigenvalue weighted by atomic mass is 35.5. The number of benzene rings is 1. The number of halogens is 4. The summed E-state index contributed by atoms with van der Waals surface area (Å²) in [6.07, 6.45) is -0.667. The van der Waals surface area contributed by atoms with Crippen molar-refractivity contribution in [1.82, 2.24) is 19.7 Å². The van der Waals surface area contributed by atoms with Crippen molar-refractivity contribution < 1.29 is 27.4 Å². The van der Waals surface area contributed by atoms with Gasteiger partial charge in [0.15, 0.2) is 6.23 Å². The third-order valence-corrected chi connectivity index (χ3v) is 6.64. The number of aromatic nitrogens is 4. The van der Waals surface area contributed by atoms with Crippen LogP contribution in [0.2, 0.25) is 5.02 Å². The molecular weight excluding hydrogens is 515 g/mol. The van der Waals surface area contributed by atoms with Gasteiger partial charge in [0.1, 0.15) is 10.8 Å². The minimum Gasteiger partial charge on any atom is -0.467 e. The highest BCUT2D eigenvalue weighted by molar-refractivity contribution is 6.33. The average Bonchev–Trinajstić information content (AvgIpc) is 2.90. The van der Waals surface area contributed by atoms with E-state index in [9.17, 15) is 18.0 Å². The molecule has 37 heavy (non-hydrogen) atoms. The quantitative estimate of drug-likeness (QED) is 0.460. The molecule has 1 unspecified atom stereocenters. The molecule has 2 aliphatic rings. The zero-order chi connectivity index (χ0) is 26.2. The molecule has 0 N–H and O–H groups in total. The molecule has 1 saturated heterocycles. The molecule has 0 saturated carbocycles. The van der Waals surface area contributed by atoms with Crippen molar-refractivity contribution in [3.8, 4) is 17.6 Å². The van der Waals surface area contributed by atoms with Gasteiger partial charge < -0.3 is 19.1 Å². The Balaban J connectivity index is 1.45. The first kappa shape index (κ1) is 25.3. The van der Waals surface area contributed by atoms with Crippen LogP contribution in [0.5, 0.6) is 17.6 Å². The molecule has 1 fully saturated rings. The Hall–Kier alpha value is -3.38. The molecule has 196 valence electrons. The Kier molecular flexibility index (Phi) is 6.95. The minimum absolute atomic E-state index is 0.00391. The van der Waals surface area contributed by atoms with E-state index in [1.165, 1.54) is 36.2 Å². The molecule has 4 heterocycles. The number of hydrogen-bond donors (Lipinski definition) is 0. The van der Waals surface area contributed by atoms with Crippen LogP contribution in [0.3, 0.4) is 0 Å². The van der Waals surface area contributed by atoms with E-state index in [2.05, 4.69) is 15.1 Å². The van der Waals surface area contributed by atoms with Gasteiger partial charge in [0, 0.05) is 18.7 Å². The van der Waals surface area contributed by atoms with Gasteiger partial charge in [-0.05, 0) is 37.8 Å². The molecule has 0 spiro atoms. The molecule has 5 rings (SSSR count). The number of fused-ring (bicyclic) bond motifs is 1. The number of alkyl halides is 3. The highest BCUT2D eigenvalue weighted by Gasteiger charge is 2.35. The fourth-order valence-electron chi connectivity index (χ4n) is 4.43. The van der Waals surface area contributed by atoms with Crippen LogP contribution in [0.4, 0.5) is 18.9 Å². The summed E-state index contributed by atoms with van der Waals surface area (Å²) in [4.78, 5) is 23.3. The van der Waals surface area contributed by atoms with Crippen molar-refractivity contribution in [2.45, 2.75) is 44.6 Å². The van der Waals surface area contributed by atoms with Crippen molar-refractivity contribution in [2.24, 2.45) is 0 Å². The lowest BCUT2D eigenvalue weighted by atomic mass is 10.1. The van der Waals surface area contributed by atoms with Crippen LogP contribution in [-0.2, 0) is 23.9 Å². The monoisotopic (exact) mass is 537 g/mol. The Morgan fingerprint density at radius 3 is 2.73 bits per heavy atom. The smallest absolute Gasteiger partial charge is 0.419 e. The lowest BCUT2D eigenvalue weighted by molar-refractivity contribution is -0.138. The molecule has 2 aliphatic heterocycles. The zero-order valence-corrected chi connectivity index (χ0v) is 20.6. The number of nitrogens with zero attached hydrogens (tertiary/aromatic N) is 5. The normalized spacial score (nSPS) is 17.9. The number of rotatable bonds is 5. The maximum Gasteiger partial charge on any atom is 0.419 e. The lowest BCUT2D eigenvalue weighted by Crippen LogP contribution is -2.36. The van der Waals surface area contributed by atoms with Crippen molar-refractivity contribution in [3.63, 3.8) is 0 Å². The maximum absolute atomic E-state index is 13.5. The van der Waals surface area contributed by atoms with Crippen LogP contribution in [0.25, 0.3) is 0 Å². The standard InChI is InChI=1S/C24H23ClF3N5O4/c1-35-23-30-16-13-32(17-12-29-33(22(34)20(17)25)19-8-4-5-11-36-19)10-9-14(16)21(31-23)37-18-7-3-2-6-15(18)24(26,27)28/h2-3,6-7,12,19H,4-5,8-11,13H2,1H3. The lowest BCUT2D eigenvalue weighted by Gasteiger charge is -2.31. The Bertz CT molecular complexity index is 1360. The fourth-order valence-corrected chi connectivity index (χ4v) is 4.68. The van der Waals surface area contributed by atoms with Gasteiger partial charge in [0.05, 0.1) is 36.8 Å². The van der Waals surface area contributed by atoms with Gasteiger partial charge in [-0.25, -0.2) is 0 Å². The molecular formula is C24H23ClF3N5O4. The van der Waals surface area contributed by atoms with Crippen molar-refractivity contribution in [1.29, 1.82) is 0 Å². The van der Waals surface area contributed by atoms with Gasteiger partial charge in [0.2, 0.25) is 5.88 Å². The average molecular weight is 538 g/mol. The van der Waals surface area contributed by atoms with Crippen LogP contribution in [-0.4, -0.2) is 40.0 Å². The van der Waals surface area contributed by atoms with Crippen molar-refractivity contribution >= 4 is 17.3 Å². The first-order chi connectivity index (χ1) is 17.8. The Morgan fingerprint density at radius 2 is 2.00 bits per heavy atom. The molecule has 0 aliphatic carbocycles. The summed E-state index contributed by atoms with van der Waals surface area (Å²) in [5.41, 5.74) is 0.0754. The third-order valence-electron chi connectivity index (χ3n) is 6.28. The largest absolute Gasteiger partial charge is 0.467 e. The predicted molar refractivity (Wildman–Crippen MR) is 127 cm³/mol. The van der Waals surface area contributed by atoms with Crippen LogP contribution in [0.1, 0.15) is 42.3 Å². The Labute approximate surface area is 214 Å². The van der Waals surface area contributed by atoms with Crippen LogP contribution in [0, 0.1) is 0 Å². The zero-order valence-electron chi connectivity index (χ0n) is 19.8. The van der Waals surface area contributed by atoms with E-state index in [-0.39, 0.29) is 29.2 Å². The van der Waals surface area contributed by atoms with E-state index in [4.69, 9.17) is 25.8 Å². The molecule has 0 amide bonds. The van der Waals surface area contributed by atoms with E-state index in [0.29, 0.717) is 42.9 Å². The van der Waals surface area contributed by atoms with E-state index in [0.717, 1.165) is 18.9 Å². The molecule has 1 aromatic carbocycles. The molecule has 9 nitrogen and oxygen atoms in total.